The zero-order valence-corrected chi connectivity index (χ0v) is 12.5. The fraction of sp³-hybridized carbons (Fsp3) is 0.769. The van der Waals surface area contributed by atoms with E-state index in [2.05, 4.69) is 22.3 Å². The third-order valence-electron chi connectivity index (χ3n) is 3.27. The van der Waals surface area contributed by atoms with Crippen LogP contribution in [0.2, 0.25) is 0 Å². The molecule has 1 unspecified atom stereocenters. The van der Waals surface area contributed by atoms with E-state index in [1.165, 1.54) is 17.8 Å². The van der Waals surface area contributed by atoms with Crippen LogP contribution in [0.25, 0.3) is 0 Å². The molecule has 1 saturated heterocycles. The van der Waals surface area contributed by atoms with Crippen molar-refractivity contribution in [1.29, 1.82) is 0 Å². The van der Waals surface area contributed by atoms with Crippen LogP contribution in [0, 0.1) is 5.92 Å². The smallest absolute Gasteiger partial charge is 0.0941 e. The van der Waals surface area contributed by atoms with E-state index in [9.17, 15) is 0 Å². The first-order valence-corrected chi connectivity index (χ1v) is 7.95. The lowest BCUT2D eigenvalue weighted by molar-refractivity contribution is 0.0422. The number of aromatic nitrogens is 1. The second kappa shape index (κ2) is 7.43. The summed E-state index contributed by atoms with van der Waals surface area (Å²) in [4.78, 5) is 6.87. The van der Waals surface area contributed by atoms with Crippen molar-refractivity contribution >= 4 is 22.9 Å². The topological polar surface area (TPSA) is 25.4 Å². The highest BCUT2D eigenvalue weighted by atomic mass is 35.5. The molecule has 1 aromatic heterocycles. The van der Waals surface area contributed by atoms with E-state index in [1.54, 1.807) is 11.3 Å². The van der Waals surface area contributed by atoms with Crippen LogP contribution in [0.3, 0.4) is 0 Å². The van der Waals surface area contributed by atoms with Gasteiger partial charge in [0.05, 0.1) is 23.2 Å². The molecule has 0 spiro atoms. The highest BCUT2D eigenvalue weighted by Crippen LogP contribution is 2.16. The number of ether oxygens (including phenoxy) is 1. The number of likely N-dealkylation sites (N-methyl/N-ethyl adjacent to an activating group) is 1. The van der Waals surface area contributed by atoms with Gasteiger partial charge in [-0.25, -0.2) is 4.98 Å². The van der Waals surface area contributed by atoms with E-state index in [0.29, 0.717) is 11.8 Å². The molecule has 0 radical (unpaired) electrons. The number of nitrogens with zero attached hydrogens (tertiary/aromatic N) is 2. The molecule has 1 atom stereocenters. The van der Waals surface area contributed by atoms with E-state index < -0.39 is 0 Å². The summed E-state index contributed by atoms with van der Waals surface area (Å²) < 4.78 is 5.51. The minimum Gasteiger partial charge on any atom is -0.381 e. The first-order chi connectivity index (χ1) is 8.78. The number of hydrogen-bond donors (Lipinski definition) is 0. The van der Waals surface area contributed by atoms with E-state index in [1.807, 2.05) is 0 Å². The SMILES string of the molecule is CN(CCc1nc(CCl)cs1)CC1CCCOC1. The van der Waals surface area contributed by atoms with Gasteiger partial charge in [-0.15, -0.1) is 22.9 Å². The van der Waals surface area contributed by atoms with E-state index in [-0.39, 0.29) is 0 Å². The molecule has 3 nitrogen and oxygen atoms in total. The van der Waals surface area contributed by atoms with E-state index in [0.717, 1.165) is 38.4 Å². The normalized spacial score (nSPS) is 20.5. The van der Waals surface area contributed by atoms with Gasteiger partial charge in [0.2, 0.25) is 0 Å². The Morgan fingerprint density at radius 3 is 3.17 bits per heavy atom. The van der Waals surface area contributed by atoms with Crippen LogP contribution in [-0.2, 0) is 17.0 Å². The Kier molecular flexibility index (Phi) is 5.89. The quantitative estimate of drug-likeness (QED) is 0.753. The van der Waals surface area contributed by atoms with Crippen molar-refractivity contribution in [2.45, 2.75) is 25.1 Å². The summed E-state index contributed by atoms with van der Waals surface area (Å²) in [7, 11) is 2.19. The van der Waals surface area contributed by atoms with Crippen molar-refractivity contribution in [1.82, 2.24) is 9.88 Å². The molecule has 0 aliphatic carbocycles. The van der Waals surface area contributed by atoms with Crippen LogP contribution in [0.4, 0.5) is 0 Å². The van der Waals surface area contributed by atoms with Gasteiger partial charge in [-0.05, 0) is 25.8 Å². The Morgan fingerprint density at radius 2 is 2.50 bits per heavy atom. The van der Waals surface area contributed by atoms with Crippen molar-refractivity contribution < 1.29 is 4.74 Å². The van der Waals surface area contributed by atoms with Gasteiger partial charge in [0.25, 0.3) is 0 Å². The third kappa shape index (κ3) is 4.50. The van der Waals surface area contributed by atoms with Gasteiger partial charge in [0, 0.05) is 31.5 Å². The maximum Gasteiger partial charge on any atom is 0.0941 e. The number of thiazole rings is 1. The zero-order chi connectivity index (χ0) is 12.8. The molecule has 0 bridgehead atoms. The zero-order valence-electron chi connectivity index (χ0n) is 10.9. The fourth-order valence-corrected chi connectivity index (χ4v) is 3.31. The lowest BCUT2D eigenvalue weighted by Crippen LogP contribution is -2.32. The molecule has 5 heteroatoms. The fourth-order valence-electron chi connectivity index (χ4n) is 2.30. The summed E-state index contributed by atoms with van der Waals surface area (Å²) in [5.74, 6) is 1.23. The highest BCUT2D eigenvalue weighted by Gasteiger charge is 2.15. The molecule has 2 heterocycles. The molecule has 18 heavy (non-hydrogen) atoms. The average Bonchev–Trinajstić information content (AvgIpc) is 2.85. The van der Waals surface area contributed by atoms with Crippen molar-refractivity contribution in [3.8, 4) is 0 Å². The number of alkyl halides is 1. The summed E-state index contributed by atoms with van der Waals surface area (Å²) in [6, 6.07) is 0. The van der Waals surface area contributed by atoms with Gasteiger partial charge < -0.3 is 9.64 Å². The number of rotatable bonds is 6. The number of hydrogen-bond acceptors (Lipinski definition) is 4. The standard InChI is InChI=1S/C13H21ClN2OS/c1-16(8-11-3-2-6-17-9-11)5-4-13-15-12(7-14)10-18-13/h10-11H,2-9H2,1H3. The van der Waals surface area contributed by atoms with E-state index >= 15 is 0 Å². The molecule has 1 fully saturated rings. The molecule has 102 valence electrons. The largest absolute Gasteiger partial charge is 0.381 e. The van der Waals surface area contributed by atoms with Gasteiger partial charge in [0.1, 0.15) is 0 Å². The van der Waals surface area contributed by atoms with Gasteiger partial charge >= 0.3 is 0 Å². The van der Waals surface area contributed by atoms with Gasteiger partial charge in [-0.1, -0.05) is 0 Å². The summed E-state index contributed by atoms with van der Waals surface area (Å²) in [6.45, 7) is 4.07. The summed E-state index contributed by atoms with van der Waals surface area (Å²) in [5, 5.41) is 3.24. The summed E-state index contributed by atoms with van der Waals surface area (Å²) in [6.07, 6.45) is 3.54. The van der Waals surface area contributed by atoms with E-state index in [4.69, 9.17) is 16.3 Å². The second-order valence-electron chi connectivity index (χ2n) is 4.96. The Morgan fingerprint density at radius 1 is 1.61 bits per heavy atom. The van der Waals surface area contributed by atoms with Gasteiger partial charge in [-0.2, -0.15) is 0 Å². The van der Waals surface area contributed by atoms with Crippen LogP contribution in [0.5, 0.6) is 0 Å². The monoisotopic (exact) mass is 288 g/mol. The average molecular weight is 289 g/mol. The molecule has 0 saturated carbocycles. The Balaban J connectivity index is 1.68. The molecule has 2 rings (SSSR count). The molecule has 0 amide bonds. The predicted octanol–water partition coefficient (Wildman–Crippen LogP) is 2.78. The maximum absolute atomic E-state index is 5.75. The molecular weight excluding hydrogens is 268 g/mol. The van der Waals surface area contributed by atoms with Gasteiger partial charge in [0.15, 0.2) is 0 Å². The molecule has 0 aromatic carbocycles. The van der Waals surface area contributed by atoms with Gasteiger partial charge in [-0.3, -0.25) is 0 Å². The molecule has 1 aromatic rings. The lowest BCUT2D eigenvalue weighted by Gasteiger charge is -2.26. The second-order valence-corrected chi connectivity index (χ2v) is 6.17. The Labute approximate surface area is 118 Å². The minimum atomic E-state index is 0.520. The number of halogens is 1. The lowest BCUT2D eigenvalue weighted by atomic mass is 10.0. The molecule has 0 N–H and O–H groups in total. The van der Waals surface area contributed by atoms with Crippen molar-refractivity contribution in [2.75, 3.05) is 33.4 Å². The molecule has 1 aliphatic rings. The van der Waals surface area contributed by atoms with Crippen LogP contribution < -0.4 is 0 Å². The third-order valence-corrected chi connectivity index (χ3v) is 4.50. The van der Waals surface area contributed by atoms with Crippen LogP contribution in [0.15, 0.2) is 5.38 Å². The Hall–Kier alpha value is -0.160. The van der Waals surface area contributed by atoms with Crippen LogP contribution in [-0.4, -0.2) is 43.2 Å². The van der Waals surface area contributed by atoms with Crippen molar-refractivity contribution in [3.63, 3.8) is 0 Å². The van der Waals surface area contributed by atoms with Crippen molar-refractivity contribution in [2.24, 2.45) is 5.92 Å². The minimum absolute atomic E-state index is 0.520. The first kappa shape index (κ1) is 14.3. The summed E-state index contributed by atoms with van der Waals surface area (Å²) in [5.41, 5.74) is 1.00. The van der Waals surface area contributed by atoms with Crippen LogP contribution in [0.1, 0.15) is 23.5 Å². The van der Waals surface area contributed by atoms with Crippen LogP contribution >= 0.6 is 22.9 Å². The first-order valence-electron chi connectivity index (χ1n) is 6.53. The highest BCUT2D eigenvalue weighted by molar-refractivity contribution is 7.09. The summed E-state index contributed by atoms with van der Waals surface area (Å²) >= 11 is 7.47. The maximum atomic E-state index is 5.75. The molecular formula is C13H21ClN2OS. The Bertz CT molecular complexity index is 353. The predicted molar refractivity (Wildman–Crippen MR) is 76.4 cm³/mol. The van der Waals surface area contributed by atoms with Crippen molar-refractivity contribution in [3.05, 3.63) is 16.1 Å². The molecule has 1 aliphatic heterocycles.